The third-order valence-electron chi connectivity index (χ3n) is 2.30. The third-order valence-corrected chi connectivity index (χ3v) is 2.97. The summed E-state index contributed by atoms with van der Waals surface area (Å²) in [4.78, 5) is 15.3. The lowest BCUT2D eigenvalue weighted by atomic mass is 10.1. The van der Waals surface area contributed by atoms with Gasteiger partial charge in [-0.1, -0.05) is 24.3 Å². The Morgan fingerprint density at radius 3 is 2.59 bits per heavy atom. The number of nitrogens with zero attached hydrogens (tertiary/aromatic N) is 1. The lowest BCUT2D eigenvalue weighted by Crippen LogP contribution is -2.31. The second-order valence-electron chi connectivity index (χ2n) is 3.51. The van der Waals surface area contributed by atoms with Crippen molar-refractivity contribution in [1.82, 2.24) is 10.4 Å². The van der Waals surface area contributed by atoms with Crippen LogP contribution in [0.2, 0.25) is 0 Å². The average molecular weight is 248 g/mol. The van der Waals surface area contributed by atoms with Gasteiger partial charge in [0.1, 0.15) is 0 Å². The van der Waals surface area contributed by atoms with E-state index in [9.17, 15) is 4.79 Å². The highest BCUT2D eigenvalue weighted by Gasteiger charge is 2.04. The summed E-state index contributed by atoms with van der Waals surface area (Å²) in [6, 6.07) is 7.57. The van der Waals surface area contributed by atoms with E-state index in [4.69, 9.17) is 11.6 Å². The standard InChI is InChI=1S/C11H12N4OS/c12-11-14-9(6-17-11)8-3-1-7(2-4-8)5-10(16)15-13/h1-4,6H,5,13H2,(H2,12,14)(H,15,16). The molecule has 0 unspecified atom stereocenters. The smallest absolute Gasteiger partial charge is 0.238 e. The Morgan fingerprint density at radius 2 is 2.06 bits per heavy atom. The Kier molecular flexibility index (Phi) is 3.36. The minimum absolute atomic E-state index is 0.212. The summed E-state index contributed by atoms with van der Waals surface area (Å²) in [5.74, 6) is 4.81. The molecule has 17 heavy (non-hydrogen) atoms. The highest BCUT2D eigenvalue weighted by Crippen LogP contribution is 2.23. The maximum Gasteiger partial charge on any atom is 0.238 e. The highest BCUT2D eigenvalue weighted by atomic mass is 32.1. The number of nitrogens with two attached hydrogens (primary N) is 2. The molecular weight excluding hydrogens is 236 g/mol. The van der Waals surface area contributed by atoms with Crippen LogP contribution in [0.5, 0.6) is 0 Å². The van der Waals surface area contributed by atoms with Gasteiger partial charge in [0.25, 0.3) is 0 Å². The Balaban J connectivity index is 2.15. The number of rotatable bonds is 3. The number of hydrazine groups is 1. The van der Waals surface area contributed by atoms with Crippen LogP contribution in [0.4, 0.5) is 5.13 Å². The molecular formula is C11H12N4OS. The molecule has 0 atom stereocenters. The molecule has 0 aliphatic heterocycles. The highest BCUT2D eigenvalue weighted by molar-refractivity contribution is 7.13. The first-order valence-corrected chi connectivity index (χ1v) is 5.87. The van der Waals surface area contributed by atoms with Crippen LogP contribution in [-0.4, -0.2) is 10.9 Å². The zero-order valence-corrected chi connectivity index (χ0v) is 9.83. The molecule has 0 saturated heterocycles. The molecule has 5 N–H and O–H groups in total. The molecule has 1 amide bonds. The molecule has 0 spiro atoms. The van der Waals surface area contributed by atoms with Gasteiger partial charge in [-0.05, 0) is 5.56 Å². The number of anilines is 1. The molecule has 1 aromatic heterocycles. The van der Waals surface area contributed by atoms with Gasteiger partial charge in [-0.25, -0.2) is 10.8 Å². The van der Waals surface area contributed by atoms with Crippen molar-refractivity contribution < 1.29 is 4.79 Å². The van der Waals surface area contributed by atoms with E-state index in [0.717, 1.165) is 16.8 Å². The number of nitrogens with one attached hydrogen (secondary N) is 1. The van der Waals surface area contributed by atoms with E-state index >= 15 is 0 Å². The number of nitrogen functional groups attached to an aromatic ring is 1. The fourth-order valence-electron chi connectivity index (χ4n) is 1.45. The van der Waals surface area contributed by atoms with Gasteiger partial charge < -0.3 is 5.73 Å². The summed E-state index contributed by atoms with van der Waals surface area (Å²) < 4.78 is 0. The van der Waals surface area contributed by atoms with Gasteiger partial charge in [-0.3, -0.25) is 10.2 Å². The van der Waals surface area contributed by atoms with Crippen LogP contribution < -0.4 is 17.0 Å². The molecule has 1 aromatic carbocycles. The predicted octanol–water partition coefficient (Wildman–Crippen LogP) is 0.925. The van der Waals surface area contributed by atoms with Gasteiger partial charge >= 0.3 is 0 Å². The number of carbonyl (C=O) groups is 1. The monoisotopic (exact) mass is 248 g/mol. The Hall–Kier alpha value is -1.92. The number of hydrogen-bond acceptors (Lipinski definition) is 5. The summed E-state index contributed by atoms with van der Waals surface area (Å²) >= 11 is 1.40. The van der Waals surface area contributed by atoms with Crippen LogP contribution in [0, 0.1) is 0 Å². The number of amides is 1. The van der Waals surface area contributed by atoms with Crippen molar-refractivity contribution in [2.24, 2.45) is 5.84 Å². The second-order valence-corrected chi connectivity index (χ2v) is 4.40. The van der Waals surface area contributed by atoms with Gasteiger partial charge in [0, 0.05) is 10.9 Å². The lowest BCUT2D eigenvalue weighted by Gasteiger charge is -2.01. The quantitative estimate of drug-likeness (QED) is 0.428. The molecule has 2 aromatic rings. The Bertz CT molecular complexity index is 521. The first-order valence-electron chi connectivity index (χ1n) is 4.99. The summed E-state index contributed by atoms with van der Waals surface area (Å²) in [5, 5.41) is 2.45. The topological polar surface area (TPSA) is 94.0 Å². The van der Waals surface area contributed by atoms with Crippen molar-refractivity contribution in [3.63, 3.8) is 0 Å². The van der Waals surface area contributed by atoms with Gasteiger partial charge in [0.2, 0.25) is 5.91 Å². The predicted molar refractivity (Wildman–Crippen MR) is 68.0 cm³/mol. The number of aromatic nitrogens is 1. The first kappa shape index (κ1) is 11.6. The van der Waals surface area contributed by atoms with Crippen molar-refractivity contribution in [2.75, 3.05) is 5.73 Å². The Morgan fingerprint density at radius 1 is 1.35 bits per heavy atom. The zero-order chi connectivity index (χ0) is 12.3. The minimum atomic E-state index is -0.212. The van der Waals surface area contributed by atoms with Gasteiger partial charge in [-0.15, -0.1) is 11.3 Å². The Labute approximate surface area is 102 Å². The van der Waals surface area contributed by atoms with Crippen LogP contribution >= 0.6 is 11.3 Å². The fraction of sp³-hybridized carbons (Fsp3) is 0.0909. The molecule has 0 radical (unpaired) electrons. The molecule has 0 fully saturated rings. The second kappa shape index (κ2) is 4.94. The number of hydrogen-bond donors (Lipinski definition) is 3. The molecule has 0 bridgehead atoms. The number of carbonyl (C=O) groups excluding carboxylic acids is 1. The van der Waals surface area contributed by atoms with E-state index in [1.807, 2.05) is 29.6 Å². The van der Waals surface area contributed by atoms with E-state index in [1.54, 1.807) is 0 Å². The van der Waals surface area contributed by atoms with Gasteiger partial charge in [-0.2, -0.15) is 0 Å². The molecule has 1 heterocycles. The van der Waals surface area contributed by atoms with Crippen LogP contribution in [0.1, 0.15) is 5.56 Å². The maximum absolute atomic E-state index is 11.1. The minimum Gasteiger partial charge on any atom is -0.375 e. The number of thiazole rings is 1. The molecule has 2 rings (SSSR count). The van der Waals surface area contributed by atoms with E-state index < -0.39 is 0 Å². The van der Waals surface area contributed by atoms with Crippen molar-refractivity contribution in [3.8, 4) is 11.3 Å². The van der Waals surface area contributed by atoms with Gasteiger partial charge in [0.05, 0.1) is 12.1 Å². The third kappa shape index (κ3) is 2.80. The van der Waals surface area contributed by atoms with Crippen molar-refractivity contribution in [3.05, 3.63) is 35.2 Å². The van der Waals surface area contributed by atoms with Gasteiger partial charge in [0.15, 0.2) is 5.13 Å². The number of benzene rings is 1. The zero-order valence-electron chi connectivity index (χ0n) is 9.01. The fourth-order valence-corrected chi connectivity index (χ4v) is 2.02. The van der Waals surface area contributed by atoms with Crippen LogP contribution in [0.3, 0.4) is 0 Å². The van der Waals surface area contributed by atoms with E-state index in [1.165, 1.54) is 11.3 Å². The SMILES string of the molecule is NNC(=O)Cc1ccc(-c2csc(N)n2)cc1. The van der Waals surface area contributed by atoms with Crippen LogP contribution in [0.25, 0.3) is 11.3 Å². The van der Waals surface area contributed by atoms with Crippen LogP contribution in [0.15, 0.2) is 29.6 Å². The van der Waals surface area contributed by atoms with Crippen molar-refractivity contribution in [2.45, 2.75) is 6.42 Å². The van der Waals surface area contributed by atoms with E-state index in [2.05, 4.69) is 10.4 Å². The molecule has 0 saturated carbocycles. The first-order chi connectivity index (χ1) is 8.19. The summed E-state index contributed by atoms with van der Waals surface area (Å²) in [5.41, 5.74) is 10.4. The van der Waals surface area contributed by atoms with Crippen molar-refractivity contribution >= 4 is 22.4 Å². The van der Waals surface area contributed by atoms with E-state index in [-0.39, 0.29) is 12.3 Å². The molecule has 0 aliphatic rings. The average Bonchev–Trinajstić information content (AvgIpc) is 2.77. The van der Waals surface area contributed by atoms with E-state index in [0.29, 0.717) is 5.13 Å². The molecule has 6 heteroatoms. The maximum atomic E-state index is 11.1. The normalized spacial score (nSPS) is 10.2. The lowest BCUT2D eigenvalue weighted by molar-refractivity contribution is -0.120. The molecule has 0 aliphatic carbocycles. The van der Waals surface area contributed by atoms with Crippen molar-refractivity contribution in [1.29, 1.82) is 0 Å². The molecule has 88 valence electrons. The van der Waals surface area contributed by atoms with Crippen LogP contribution in [-0.2, 0) is 11.2 Å². The largest absolute Gasteiger partial charge is 0.375 e. The molecule has 5 nitrogen and oxygen atoms in total. The summed E-state index contributed by atoms with van der Waals surface area (Å²) in [6.07, 6.45) is 0.274. The summed E-state index contributed by atoms with van der Waals surface area (Å²) in [7, 11) is 0. The summed E-state index contributed by atoms with van der Waals surface area (Å²) in [6.45, 7) is 0.